The highest BCUT2D eigenvalue weighted by molar-refractivity contribution is 5.95. The number of benzene rings is 2. The van der Waals surface area contributed by atoms with Crippen LogP contribution in [0.5, 0.6) is 5.75 Å². The molecule has 13 nitrogen and oxygen atoms in total. The average Bonchev–Trinajstić information content (AvgIpc) is 3.47. The zero-order valence-electron chi connectivity index (χ0n) is 33.4. The highest BCUT2D eigenvalue weighted by Crippen LogP contribution is 2.41. The standard InChI is InChI=1S/C43H54N6O7/c1-8-48-37-14-13-28-21-32(37)33(39(48)31-11-9-15-44-36(31)23-55-7)22-43(4,5)24-56-42(54)34-12-10-16-49(46-34)41(53)35(19-27-17-29(28)20-30(51)18-27)45-40(52)38(26(2)3)47(6)25-50/h9,11,13-15,17-18,20-21,25-26,34-35,38,46,51H,8,10,12,16,19,22-24H2,1-7H3,(H,45,52)/t34-,35-,38?/m0/s1. The number of likely N-dealkylation sites (N-methyl/N-ethyl adjacent to an activating group) is 1. The molecule has 1 fully saturated rings. The average molecular weight is 767 g/mol. The number of cyclic esters (lactones) is 1. The number of rotatable bonds is 9. The van der Waals surface area contributed by atoms with E-state index in [4.69, 9.17) is 14.5 Å². The van der Waals surface area contributed by atoms with E-state index in [9.17, 15) is 24.3 Å². The summed E-state index contributed by atoms with van der Waals surface area (Å²) in [5.41, 5.74) is 9.68. The lowest BCUT2D eigenvalue weighted by atomic mass is 9.84. The summed E-state index contributed by atoms with van der Waals surface area (Å²) in [5.74, 6) is -1.62. The number of aromatic nitrogens is 2. The van der Waals surface area contributed by atoms with Gasteiger partial charge in [0.05, 0.1) is 24.6 Å². The molecular weight excluding hydrogens is 713 g/mol. The van der Waals surface area contributed by atoms with Crippen LogP contribution in [0.4, 0.5) is 0 Å². The number of amides is 3. The number of ether oxygens (including phenoxy) is 2. The van der Waals surface area contributed by atoms with Gasteiger partial charge in [-0.25, -0.2) is 5.43 Å². The molecule has 1 saturated heterocycles. The molecule has 3 amide bonds. The summed E-state index contributed by atoms with van der Waals surface area (Å²) in [6, 6.07) is 12.8. The largest absolute Gasteiger partial charge is 0.508 e. The van der Waals surface area contributed by atoms with Gasteiger partial charge >= 0.3 is 5.97 Å². The van der Waals surface area contributed by atoms with Gasteiger partial charge in [0.15, 0.2) is 0 Å². The first kappa shape index (κ1) is 40.4. The van der Waals surface area contributed by atoms with Crippen molar-refractivity contribution >= 4 is 35.1 Å². The van der Waals surface area contributed by atoms with E-state index in [1.54, 1.807) is 25.4 Å². The molecule has 6 rings (SSSR count). The summed E-state index contributed by atoms with van der Waals surface area (Å²) in [7, 11) is 3.19. The van der Waals surface area contributed by atoms with Crippen LogP contribution in [0.1, 0.15) is 64.3 Å². The maximum Gasteiger partial charge on any atom is 0.324 e. The van der Waals surface area contributed by atoms with Gasteiger partial charge in [0.25, 0.3) is 5.91 Å². The maximum atomic E-state index is 14.3. The molecule has 3 atom stereocenters. The first-order valence-electron chi connectivity index (χ1n) is 19.4. The summed E-state index contributed by atoms with van der Waals surface area (Å²) in [5, 5.41) is 16.4. The molecule has 2 aromatic carbocycles. The number of aromatic hydroxyl groups is 1. The Hall–Kier alpha value is -5.27. The van der Waals surface area contributed by atoms with E-state index < -0.39 is 41.3 Å². The Bertz CT molecular complexity index is 2110. The number of phenolic OH excluding ortho intramolecular Hbond substituents is 1. The zero-order valence-corrected chi connectivity index (χ0v) is 33.4. The van der Waals surface area contributed by atoms with Gasteiger partial charge in [-0.15, -0.1) is 0 Å². The van der Waals surface area contributed by atoms with Gasteiger partial charge in [0.2, 0.25) is 12.3 Å². The molecule has 0 spiro atoms. The zero-order chi connectivity index (χ0) is 40.3. The predicted octanol–water partition coefficient (Wildman–Crippen LogP) is 5.00. The van der Waals surface area contributed by atoms with E-state index in [2.05, 4.69) is 54.3 Å². The molecule has 0 aliphatic carbocycles. The molecule has 56 heavy (non-hydrogen) atoms. The second kappa shape index (κ2) is 16.8. The lowest BCUT2D eigenvalue weighted by molar-refractivity contribution is -0.155. The SMILES string of the molecule is CCn1c(-c2cccnc2COC)c2c3cc(ccc31)-c1cc(O)cc(c1)C[C@H](NC(=O)C(C(C)C)N(C)C=O)C(=O)N1CCC[C@H](N1)C(=O)OCC(C)(C)C2. The number of nitrogens with one attached hydrogen (secondary N) is 2. The Balaban J connectivity index is 1.53. The minimum absolute atomic E-state index is 0.0110. The third kappa shape index (κ3) is 8.43. The Morgan fingerprint density at radius 2 is 1.96 bits per heavy atom. The molecule has 4 aromatic rings. The van der Waals surface area contributed by atoms with Crippen LogP contribution in [-0.2, 0) is 54.6 Å². The molecule has 298 valence electrons. The highest BCUT2D eigenvalue weighted by atomic mass is 16.5. The Morgan fingerprint density at radius 1 is 1.18 bits per heavy atom. The molecule has 0 radical (unpaired) electrons. The van der Waals surface area contributed by atoms with Crippen LogP contribution in [0.2, 0.25) is 0 Å². The van der Waals surface area contributed by atoms with Crippen molar-refractivity contribution in [1.82, 2.24) is 30.2 Å². The lowest BCUT2D eigenvalue weighted by Gasteiger charge is -2.36. The summed E-state index contributed by atoms with van der Waals surface area (Å²) >= 11 is 0. The van der Waals surface area contributed by atoms with Crippen LogP contribution in [0.15, 0.2) is 54.7 Å². The monoisotopic (exact) mass is 766 g/mol. The van der Waals surface area contributed by atoms with Gasteiger partial charge in [0, 0.05) is 61.7 Å². The minimum Gasteiger partial charge on any atom is -0.508 e. The van der Waals surface area contributed by atoms with E-state index in [-0.39, 0.29) is 24.7 Å². The number of hydrogen-bond acceptors (Lipinski definition) is 9. The predicted molar refractivity (Wildman–Crippen MR) is 213 cm³/mol. The van der Waals surface area contributed by atoms with E-state index in [0.717, 1.165) is 44.5 Å². The van der Waals surface area contributed by atoms with Crippen molar-refractivity contribution in [2.24, 2.45) is 11.3 Å². The van der Waals surface area contributed by atoms with E-state index in [1.165, 1.54) is 17.0 Å². The number of aryl methyl sites for hydroxylation is 1. The lowest BCUT2D eigenvalue weighted by Crippen LogP contribution is -2.61. The van der Waals surface area contributed by atoms with Gasteiger partial charge in [-0.2, -0.15) is 0 Å². The van der Waals surface area contributed by atoms with Gasteiger partial charge < -0.3 is 29.4 Å². The van der Waals surface area contributed by atoms with Crippen LogP contribution in [0.25, 0.3) is 33.3 Å². The number of esters is 1. The van der Waals surface area contributed by atoms with Crippen LogP contribution < -0.4 is 10.7 Å². The fourth-order valence-corrected chi connectivity index (χ4v) is 8.20. The van der Waals surface area contributed by atoms with Crippen molar-refractivity contribution < 1.29 is 33.8 Å². The first-order chi connectivity index (χ1) is 26.7. The summed E-state index contributed by atoms with van der Waals surface area (Å²) < 4.78 is 13.9. The van der Waals surface area contributed by atoms with Gasteiger partial charge in [-0.1, -0.05) is 39.8 Å². The number of carbonyl (C=O) groups excluding carboxylic acids is 4. The number of phenols is 1. The quantitative estimate of drug-likeness (QED) is 0.158. The van der Waals surface area contributed by atoms with Crippen molar-refractivity contribution in [2.45, 2.75) is 91.6 Å². The highest BCUT2D eigenvalue weighted by Gasteiger charge is 2.37. The van der Waals surface area contributed by atoms with Crippen LogP contribution in [0.3, 0.4) is 0 Å². The Morgan fingerprint density at radius 3 is 2.68 bits per heavy atom. The topological polar surface area (TPSA) is 155 Å². The molecule has 1 unspecified atom stereocenters. The number of nitrogens with zero attached hydrogens (tertiary/aromatic N) is 4. The fourth-order valence-electron chi connectivity index (χ4n) is 8.20. The molecule has 2 aliphatic heterocycles. The van der Waals surface area contributed by atoms with Gasteiger partial charge in [-0.3, -0.25) is 29.2 Å². The first-order valence-corrected chi connectivity index (χ1v) is 19.4. The Kier molecular flexibility index (Phi) is 12.2. The molecule has 2 aliphatic rings. The van der Waals surface area contributed by atoms with Crippen molar-refractivity contribution in [2.75, 3.05) is 27.3 Å². The smallest absolute Gasteiger partial charge is 0.324 e. The molecular formula is C43H54N6O7. The maximum absolute atomic E-state index is 14.3. The molecule has 6 bridgehead atoms. The summed E-state index contributed by atoms with van der Waals surface area (Å²) in [6.45, 7) is 11.4. The van der Waals surface area contributed by atoms with Crippen LogP contribution in [-0.4, -0.2) is 94.2 Å². The summed E-state index contributed by atoms with van der Waals surface area (Å²) in [6.07, 6.45) is 3.97. The third-order valence-electron chi connectivity index (χ3n) is 10.8. The number of carbonyl (C=O) groups is 4. The second-order valence-electron chi connectivity index (χ2n) is 16.1. The van der Waals surface area contributed by atoms with Crippen molar-refractivity contribution in [3.8, 4) is 28.1 Å². The van der Waals surface area contributed by atoms with Crippen LogP contribution >= 0.6 is 0 Å². The van der Waals surface area contributed by atoms with Gasteiger partial charge in [0.1, 0.15) is 23.9 Å². The van der Waals surface area contributed by atoms with Crippen molar-refractivity contribution in [1.29, 1.82) is 0 Å². The second-order valence-corrected chi connectivity index (χ2v) is 16.1. The molecule has 2 aromatic heterocycles. The number of fused-ring (bicyclic) bond motifs is 6. The third-order valence-corrected chi connectivity index (χ3v) is 10.8. The van der Waals surface area contributed by atoms with Crippen molar-refractivity contribution in [3.05, 3.63) is 71.5 Å². The fraction of sp³-hybridized carbons (Fsp3) is 0.465. The van der Waals surface area contributed by atoms with Gasteiger partial charge in [-0.05, 0) is 90.8 Å². The molecule has 0 saturated carbocycles. The number of hydrazine groups is 1. The molecule has 3 N–H and O–H groups in total. The minimum atomic E-state index is -1.09. The van der Waals surface area contributed by atoms with Crippen molar-refractivity contribution in [3.63, 3.8) is 0 Å². The molecule has 4 heterocycles. The van der Waals surface area contributed by atoms with E-state index in [0.29, 0.717) is 50.9 Å². The summed E-state index contributed by atoms with van der Waals surface area (Å²) in [4.78, 5) is 59.6. The van der Waals surface area contributed by atoms with E-state index >= 15 is 0 Å². The van der Waals surface area contributed by atoms with Crippen LogP contribution in [0, 0.1) is 11.3 Å². The number of pyridine rings is 1. The molecule has 13 heteroatoms. The number of hydrogen-bond donors (Lipinski definition) is 3. The Labute approximate surface area is 328 Å². The van der Waals surface area contributed by atoms with E-state index in [1.807, 2.05) is 32.0 Å². The normalized spacial score (nSPS) is 19.3. The number of methoxy groups -OCH3 is 1.